The number of benzene rings is 2. The molecule has 0 spiro atoms. The van der Waals surface area contributed by atoms with Crippen LogP contribution in [0.5, 0.6) is 0 Å². The number of aromatic nitrogens is 2. The quantitative estimate of drug-likeness (QED) is 0.722. The maximum absolute atomic E-state index is 12.8. The molecule has 1 aromatic heterocycles. The Labute approximate surface area is 157 Å². The molecule has 3 rings (SSSR count). The van der Waals surface area contributed by atoms with Crippen molar-refractivity contribution in [3.8, 4) is 0 Å². The SMILES string of the molecule is Cc1nc(Nc2ccc(C)c(Cl)c2)cc(C(=O)N(C)c2ccccc2)n1. The van der Waals surface area contributed by atoms with Crippen molar-refractivity contribution < 1.29 is 4.79 Å². The highest BCUT2D eigenvalue weighted by molar-refractivity contribution is 6.31. The molecule has 1 heterocycles. The van der Waals surface area contributed by atoms with Crippen molar-refractivity contribution >= 4 is 34.7 Å². The summed E-state index contributed by atoms with van der Waals surface area (Å²) in [5.74, 6) is 0.854. The third kappa shape index (κ3) is 4.00. The van der Waals surface area contributed by atoms with Crippen LogP contribution in [-0.4, -0.2) is 22.9 Å². The fraction of sp³-hybridized carbons (Fsp3) is 0.150. The van der Waals surface area contributed by atoms with Crippen LogP contribution < -0.4 is 10.2 Å². The van der Waals surface area contributed by atoms with Gasteiger partial charge in [0, 0.05) is 29.5 Å². The molecule has 1 amide bonds. The average molecular weight is 367 g/mol. The van der Waals surface area contributed by atoms with Crippen LogP contribution >= 0.6 is 11.6 Å². The number of para-hydroxylation sites is 1. The molecule has 2 aromatic carbocycles. The van der Waals surface area contributed by atoms with E-state index in [9.17, 15) is 4.79 Å². The highest BCUT2D eigenvalue weighted by atomic mass is 35.5. The molecule has 0 saturated heterocycles. The van der Waals surface area contributed by atoms with Crippen molar-refractivity contribution in [1.82, 2.24) is 9.97 Å². The summed E-state index contributed by atoms with van der Waals surface area (Å²) >= 11 is 6.17. The second-order valence-corrected chi connectivity index (χ2v) is 6.38. The third-order valence-electron chi connectivity index (χ3n) is 3.95. The van der Waals surface area contributed by atoms with E-state index in [1.54, 1.807) is 24.9 Å². The number of amides is 1. The Kier molecular flexibility index (Phi) is 5.19. The van der Waals surface area contributed by atoms with Crippen LogP contribution in [0.4, 0.5) is 17.2 Å². The smallest absolute Gasteiger partial charge is 0.276 e. The highest BCUT2D eigenvalue weighted by Crippen LogP contribution is 2.23. The number of hydrogen-bond donors (Lipinski definition) is 1. The zero-order valence-electron chi connectivity index (χ0n) is 14.8. The van der Waals surface area contributed by atoms with Gasteiger partial charge in [0.1, 0.15) is 17.3 Å². The van der Waals surface area contributed by atoms with Crippen molar-refractivity contribution in [2.75, 3.05) is 17.3 Å². The molecule has 0 unspecified atom stereocenters. The molecule has 6 heteroatoms. The van der Waals surface area contributed by atoms with Gasteiger partial charge in [-0.2, -0.15) is 0 Å². The second kappa shape index (κ2) is 7.54. The molecular formula is C20H19ClN4O. The number of carbonyl (C=O) groups excluding carboxylic acids is 1. The lowest BCUT2D eigenvalue weighted by Crippen LogP contribution is -2.27. The number of nitrogens with one attached hydrogen (secondary N) is 1. The van der Waals surface area contributed by atoms with Crippen molar-refractivity contribution in [3.63, 3.8) is 0 Å². The van der Waals surface area contributed by atoms with Gasteiger partial charge in [-0.25, -0.2) is 9.97 Å². The number of hydrogen-bond acceptors (Lipinski definition) is 4. The average Bonchev–Trinajstić information content (AvgIpc) is 2.64. The summed E-state index contributed by atoms with van der Waals surface area (Å²) in [7, 11) is 1.72. The summed E-state index contributed by atoms with van der Waals surface area (Å²) in [6.07, 6.45) is 0. The van der Waals surface area contributed by atoms with Crippen LogP contribution in [0.1, 0.15) is 21.9 Å². The summed E-state index contributed by atoms with van der Waals surface area (Å²) in [4.78, 5) is 23.0. The summed E-state index contributed by atoms with van der Waals surface area (Å²) in [6, 6.07) is 16.7. The monoisotopic (exact) mass is 366 g/mol. The highest BCUT2D eigenvalue weighted by Gasteiger charge is 2.16. The van der Waals surface area contributed by atoms with Gasteiger partial charge in [-0.3, -0.25) is 4.79 Å². The standard InChI is InChI=1S/C20H19ClN4O/c1-13-9-10-15(11-17(13)21)24-19-12-18(22-14(2)23-19)20(26)25(3)16-7-5-4-6-8-16/h4-12H,1-3H3,(H,22,23,24). The Morgan fingerprint density at radius 2 is 1.77 bits per heavy atom. The maximum Gasteiger partial charge on any atom is 0.276 e. The third-order valence-corrected chi connectivity index (χ3v) is 4.36. The van der Waals surface area contributed by atoms with E-state index in [4.69, 9.17) is 11.6 Å². The van der Waals surface area contributed by atoms with Crippen LogP contribution in [0.2, 0.25) is 5.02 Å². The molecule has 26 heavy (non-hydrogen) atoms. The molecule has 0 aliphatic carbocycles. The lowest BCUT2D eigenvalue weighted by molar-refractivity contribution is 0.0988. The van der Waals surface area contributed by atoms with Gasteiger partial charge in [-0.1, -0.05) is 35.9 Å². The molecule has 0 atom stereocenters. The van der Waals surface area contributed by atoms with Gasteiger partial charge >= 0.3 is 0 Å². The number of rotatable bonds is 4. The fourth-order valence-corrected chi connectivity index (χ4v) is 2.68. The van der Waals surface area contributed by atoms with Gasteiger partial charge in [-0.15, -0.1) is 0 Å². The van der Waals surface area contributed by atoms with Crippen LogP contribution in [-0.2, 0) is 0 Å². The lowest BCUT2D eigenvalue weighted by Gasteiger charge is -2.17. The van der Waals surface area contributed by atoms with E-state index in [1.165, 1.54) is 0 Å². The van der Waals surface area contributed by atoms with E-state index < -0.39 is 0 Å². The Morgan fingerprint density at radius 3 is 2.46 bits per heavy atom. The molecule has 132 valence electrons. The summed E-state index contributed by atoms with van der Waals surface area (Å²) in [5.41, 5.74) is 2.92. The van der Waals surface area contributed by atoms with Gasteiger partial charge in [0.15, 0.2) is 0 Å². The molecular weight excluding hydrogens is 348 g/mol. The van der Waals surface area contributed by atoms with Gasteiger partial charge in [0.25, 0.3) is 5.91 Å². The number of nitrogens with zero attached hydrogens (tertiary/aromatic N) is 3. The number of aryl methyl sites for hydroxylation is 2. The van der Waals surface area contributed by atoms with Gasteiger partial charge in [-0.05, 0) is 43.7 Å². The van der Waals surface area contributed by atoms with Crippen molar-refractivity contribution in [3.05, 3.63) is 76.7 Å². The molecule has 5 nitrogen and oxygen atoms in total. The summed E-state index contributed by atoms with van der Waals surface area (Å²) in [6.45, 7) is 3.70. The maximum atomic E-state index is 12.8. The zero-order valence-corrected chi connectivity index (χ0v) is 15.6. The second-order valence-electron chi connectivity index (χ2n) is 5.97. The largest absolute Gasteiger partial charge is 0.340 e. The van der Waals surface area contributed by atoms with Crippen LogP contribution in [0.25, 0.3) is 0 Å². The minimum absolute atomic E-state index is 0.202. The normalized spacial score (nSPS) is 10.5. The summed E-state index contributed by atoms with van der Waals surface area (Å²) in [5, 5.41) is 3.85. The minimum Gasteiger partial charge on any atom is -0.340 e. The number of anilines is 3. The Balaban J connectivity index is 1.87. The Hall–Kier alpha value is -2.92. The van der Waals surface area contributed by atoms with Crippen molar-refractivity contribution in [1.29, 1.82) is 0 Å². The minimum atomic E-state index is -0.202. The van der Waals surface area contributed by atoms with E-state index in [-0.39, 0.29) is 5.91 Å². The van der Waals surface area contributed by atoms with E-state index in [0.29, 0.717) is 22.4 Å². The van der Waals surface area contributed by atoms with E-state index in [0.717, 1.165) is 16.9 Å². The zero-order chi connectivity index (χ0) is 18.7. The topological polar surface area (TPSA) is 58.1 Å². The van der Waals surface area contributed by atoms with Gasteiger partial charge in [0.2, 0.25) is 0 Å². The Bertz CT molecular complexity index is 944. The first-order valence-corrected chi connectivity index (χ1v) is 8.54. The van der Waals surface area contributed by atoms with Gasteiger partial charge < -0.3 is 10.2 Å². The molecule has 0 aliphatic heterocycles. The molecule has 0 radical (unpaired) electrons. The van der Waals surface area contributed by atoms with E-state index in [1.807, 2.05) is 55.5 Å². The Morgan fingerprint density at radius 1 is 1.04 bits per heavy atom. The van der Waals surface area contributed by atoms with Crippen LogP contribution in [0, 0.1) is 13.8 Å². The first-order chi connectivity index (χ1) is 12.4. The molecule has 0 fully saturated rings. The van der Waals surface area contributed by atoms with Crippen LogP contribution in [0.3, 0.4) is 0 Å². The number of halogens is 1. The molecule has 1 N–H and O–H groups in total. The molecule has 3 aromatic rings. The first kappa shape index (κ1) is 17.9. The molecule has 0 aliphatic rings. The lowest BCUT2D eigenvalue weighted by atomic mass is 10.2. The molecule has 0 bridgehead atoms. The van der Waals surface area contributed by atoms with E-state index >= 15 is 0 Å². The predicted octanol–water partition coefficient (Wildman–Crippen LogP) is 4.77. The number of carbonyl (C=O) groups is 1. The van der Waals surface area contributed by atoms with E-state index in [2.05, 4.69) is 15.3 Å². The molecule has 0 saturated carbocycles. The van der Waals surface area contributed by atoms with Gasteiger partial charge in [0.05, 0.1) is 0 Å². The van der Waals surface area contributed by atoms with Crippen molar-refractivity contribution in [2.24, 2.45) is 0 Å². The van der Waals surface area contributed by atoms with Crippen LogP contribution in [0.15, 0.2) is 54.6 Å². The summed E-state index contributed by atoms with van der Waals surface area (Å²) < 4.78 is 0. The predicted molar refractivity (Wildman–Crippen MR) is 105 cm³/mol. The van der Waals surface area contributed by atoms with Crippen molar-refractivity contribution in [2.45, 2.75) is 13.8 Å². The first-order valence-electron chi connectivity index (χ1n) is 8.16. The fourth-order valence-electron chi connectivity index (χ4n) is 2.50.